The van der Waals surface area contributed by atoms with E-state index in [4.69, 9.17) is 15.5 Å². The molecule has 0 fully saturated rings. The number of hydrogen-bond donors (Lipinski definition) is 2. The van der Waals surface area contributed by atoms with Crippen LogP contribution < -0.4 is 16.0 Å². The van der Waals surface area contributed by atoms with Crippen LogP contribution in [0.2, 0.25) is 0 Å². The standard InChI is InChI=1S/C24H27N5OS/c1-16-7-8-19-18(11-16)20(26-14-24(2)15-27-23(25)30-24)12-22(28-19)29-9-10-31-21-6-4-3-5-17(21)13-29/h3-8,11-12H,9-10,13-15H2,1-2H3,(H2,25,27)(H,26,28). The van der Waals surface area contributed by atoms with Crippen molar-refractivity contribution >= 4 is 40.2 Å². The van der Waals surface area contributed by atoms with Crippen LogP contribution in [0.15, 0.2) is 58.4 Å². The van der Waals surface area contributed by atoms with Crippen LogP contribution in [0.5, 0.6) is 0 Å². The number of amidine groups is 1. The molecule has 0 amide bonds. The van der Waals surface area contributed by atoms with Crippen LogP contribution >= 0.6 is 11.8 Å². The summed E-state index contributed by atoms with van der Waals surface area (Å²) in [7, 11) is 0. The zero-order valence-corrected chi connectivity index (χ0v) is 18.7. The highest BCUT2D eigenvalue weighted by Crippen LogP contribution is 2.33. The third-order valence-corrected chi connectivity index (χ3v) is 6.90. The molecule has 3 aromatic rings. The molecular weight excluding hydrogens is 406 g/mol. The van der Waals surface area contributed by atoms with E-state index in [1.165, 1.54) is 16.0 Å². The molecule has 160 valence electrons. The summed E-state index contributed by atoms with van der Waals surface area (Å²) in [6.45, 7) is 7.12. The van der Waals surface area contributed by atoms with Gasteiger partial charge in [0.2, 0.25) is 0 Å². The Balaban J connectivity index is 1.49. The van der Waals surface area contributed by atoms with Crippen molar-refractivity contribution in [2.45, 2.75) is 30.9 Å². The van der Waals surface area contributed by atoms with Gasteiger partial charge in [0.05, 0.1) is 18.6 Å². The van der Waals surface area contributed by atoms with E-state index < -0.39 is 5.60 Å². The molecule has 0 spiro atoms. The lowest BCUT2D eigenvalue weighted by molar-refractivity contribution is 0.121. The second-order valence-electron chi connectivity index (χ2n) is 8.49. The van der Waals surface area contributed by atoms with Crippen molar-refractivity contribution in [1.82, 2.24) is 4.98 Å². The number of rotatable bonds is 4. The first-order valence-electron chi connectivity index (χ1n) is 10.6. The molecule has 0 saturated carbocycles. The number of hydrogen-bond acceptors (Lipinski definition) is 7. The predicted octanol–water partition coefficient (Wildman–Crippen LogP) is 4.17. The fraction of sp³-hybridized carbons (Fsp3) is 0.333. The highest BCUT2D eigenvalue weighted by molar-refractivity contribution is 7.99. The van der Waals surface area contributed by atoms with E-state index in [0.29, 0.717) is 13.1 Å². The van der Waals surface area contributed by atoms with Gasteiger partial charge in [0.15, 0.2) is 0 Å². The summed E-state index contributed by atoms with van der Waals surface area (Å²) in [5.41, 5.74) is 9.91. The SMILES string of the molecule is Cc1ccc2nc(N3CCSc4ccccc4C3)cc(NCC3(C)CN=C(N)O3)c2c1. The number of benzene rings is 2. The molecular formula is C24H27N5OS. The number of anilines is 2. The van der Waals surface area contributed by atoms with Gasteiger partial charge >= 0.3 is 0 Å². The van der Waals surface area contributed by atoms with Crippen LogP contribution in [0.25, 0.3) is 10.9 Å². The molecule has 2 aromatic carbocycles. The molecule has 7 heteroatoms. The summed E-state index contributed by atoms with van der Waals surface area (Å²) >= 11 is 1.92. The van der Waals surface area contributed by atoms with E-state index in [1.807, 2.05) is 18.7 Å². The Morgan fingerprint density at radius 2 is 2.10 bits per heavy atom. The van der Waals surface area contributed by atoms with Crippen molar-refractivity contribution in [3.63, 3.8) is 0 Å². The van der Waals surface area contributed by atoms with Gasteiger partial charge in [-0.3, -0.25) is 0 Å². The third kappa shape index (κ3) is 4.14. The molecule has 0 saturated heterocycles. The number of aryl methyl sites for hydroxylation is 1. The fourth-order valence-corrected chi connectivity index (χ4v) is 5.12. The van der Waals surface area contributed by atoms with Gasteiger partial charge in [0.25, 0.3) is 6.02 Å². The quantitative estimate of drug-likeness (QED) is 0.643. The Morgan fingerprint density at radius 1 is 1.23 bits per heavy atom. The molecule has 5 rings (SSSR count). The van der Waals surface area contributed by atoms with Crippen LogP contribution in [0.4, 0.5) is 11.5 Å². The normalized spacial score (nSPS) is 20.7. The van der Waals surface area contributed by atoms with Crippen molar-refractivity contribution in [2.75, 3.05) is 35.6 Å². The molecule has 2 aliphatic heterocycles. The Hall–Kier alpha value is -2.93. The molecule has 31 heavy (non-hydrogen) atoms. The van der Waals surface area contributed by atoms with Gasteiger partial charge < -0.3 is 20.7 Å². The second kappa shape index (κ2) is 7.96. The molecule has 6 nitrogen and oxygen atoms in total. The summed E-state index contributed by atoms with van der Waals surface area (Å²) < 4.78 is 5.74. The zero-order valence-electron chi connectivity index (χ0n) is 17.9. The number of nitrogens with one attached hydrogen (secondary N) is 1. The van der Waals surface area contributed by atoms with Crippen molar-refractivity contribution in [3.05, 3.63) is 59.7 Å². The Kier molecular flexibility index (Phi) is 5.14. The molecule has 1 atom stereocenters. The average molecular weight is 434 g/mol. The van der Waals surface area contributed by atoms with E-state index in [1.54, 1.807) is 0 Å². The van der Waals surface area contributed by atoms with Crippen LogP contribution in [-0.2, 0) is 11.3 Å². The topological polar surface area (TPSA) is 75.8 Å². The van der Waals surface area contributed by atoms with Crippen LogP contribution in [0.3, 0.4) is 0 Å². The molecule has 0 radical (unpaired) electrons. The van der Waals surface area contributed by atoms with Crippen LogP contribution in [0, 0.1) is 6.92 Å². The maximum absolute atomic E-state index is 5.75. The van der Waals surface area contributed by atoms with Crippen LogP contribution in [-0.4, -0.2) is 42.0 Å². The van der Waals surface area contributed by atoms with E-state index >= 15 is 0 Å². The smallest absolute Gasteiger partial charge is 0.282 e. The largest absolute Gasteiger partial charge is 0.455 e. The fourth-order valence-electron chi connectivity index (χ4n) is 4.09. The lowest BCUT2D eigenvalue weighted by Crippen LogP contribution is -2.38. The van der Waals surface area contributed by atoms with E-state index in [2.05, 4.69) is 70.7 Å². The predicted molar refractivity (Wildman–Crippen MR) is 129 cm³/mol. The first-order chi connectivity index (χ1) is 15.0. The van der Waals surface area contributed by atoms with Gasteiger partial charge in [-0.25, -0.2) is 9.98 Å². The molecule has 3 heterocycles. The highest BCUT2D eigenvalue weighted by Gasteiger charge is 2.32. The van der Waals surface area contributed by atoms with Crippen molar-refractivity contribution in [3.8, 4) is 0 Å². The summed E-state index contributed by atoms with van der Waals surface area (Å²) in [6, 6.07) is 17.5. The Morgan fingerprint density at radius 3 is 2.94 bits per heavy atom. The van der Waals surface area contributed by atoms with Gasteiger partial charge in [-0.1, -0.05) is 29.8 Å². The lowest BCUT2D eigenvalue weighted by Gasteiger charge is -2.26. The first kappa shape index (κ1) is 20.0. The van der Waals surface area contributed by atoms with Gasteiger partial charge in [-0.2, -0.15) is 0 Å². The summed E-state index contributed by atoms with van der Waals surface area (Å²) in [6.07, 6.45) is 0. The third-order valence-electron chi connectivity index (χ3n) is 5.80. The Bertz CT molecular complexity index is 1160. The van der Waals surface area contributed by atoms with Crippen molar-refractivity contribution < 1.29 is 4.74 Å². The zero-order chi connectivity index (χ0) is 21.4. The number of thioether (sulfide) groups is 1. The molecule has 3 N–H and O–H groups in total. The Labute approximate surface area is 186 Å². The molecule has 2 aliphatic rings. The van der Waals surface area contributed by atoms with Crippen molar-refractivity contribution in [2.24, 2.45) is 10.7 Å². The number of nitrogens with zero attached hydrogens (tertiary/aromatic N) is 3. The monoisotopic (exact) mass is 433 g/mol. The van der Waals surface area contributed by atoms with E-state index in [9.17, 15) is 0 Å². The minimum absolute atomic E-state index is 0.265. The molecule has 0 aliphatic carbocycles. The maximum atomic E-state index is 5.75. The second-order valence-corrected chi connectivity index (χ2v) is 9.62. The highest BCUT2D eigenvalue weighted by atomic mass is 32.2. The van der Waals surface area contributed by atoms with Crippen LogP contribution in [0.1, 0.15) is 18.1 Å². The average Bonchev–Trinajstić information content (AvgIpc) is 2.97. The first-order valence-corrected chi connectivity index (χ1v) is 11.6. The van der Waals surface area contributed by atoms with E-state index in [0.717, 1.165) is 41.3 Å². The minimum Gasteiger partial charge on any atom is -0.455 e. The molecule has 1 unspecified atom stereocenters. The summed E-state index contributed by atoms with van der Waals surface area (Å²) in [4.78, 5) is 13.0. The number of nitrogens with two attached hydrogens (primary N) is 1. The minimum atomic E-state index is -0.443. The maximum Gasteiger partial charge on any atom is 0.282 e. The number of ether oxygens (including phenoxy) is 1. The number of fused-ring (bicyclic) bond motifs is 2. The summed E-state index contributed by atoms with van der Waals surface area (Å²) in [5.74, 6) is 2.03. The molecule has 1 aromatic heterocycles. The van der Waals surface area contributed by atoms with Crippen molar-refractivity contribution in [1.29, 1.82) is 0 Å². The van der Waals surface area contributed by atoms with Gasteiger partial charge in [-0.15, -0.1) is 11.8 Å². The summed E-state index contributed by atoms with van der Waals surface area (Å²) in [5, 5.41) is 4.72. The number of aliphatic imine (C=N–C) groups is 1. The molecule has 0 bridgehead atoms. The lowest BCUT2D eigenvalue weighted by atomic mass is 10.1. The van der Waals surface area contributed by atoms with Gasteiger partial charge in [-0.05, 0) is 37.6 Å². The number of pyridine rings is 1. The van der Waals surface area contributed by atoms with Gasteiger partial charge in [0.1, 0.15) is 11.4 Å². The number of aromatic nitrogens is 1. The van der Waals surface area contributed by atoms with E-state index in [-0.39, 0.29) is 6.02 Å². The van der Waals surface area contributed by atoms with Gasteiger partial charge in [0, 0.05) is 40.9 Å².